The number of nitrogens with zero attached hydrogens (tertiary/aromatic N) is 2. The van der Waals surface area contributed by atoms with E-state index in [4.69, 9.17) is 0 Å². The molecule has 2 aromatic carbocycles. The minimum absolute atomic E-state index is 0.475. The van der Waals surface area contributed by atoms with Crippen LogP contribution in [-0.2, 0) is 6.42 Å². The van der Waals surface area contributed by atoms with Crippen LogP contribution in [0.25, 0.3) is 21.8 Å². The van der Waals surface area contributed by atoms with Crippen LogP contribution in [0, 0.1) is 0 Å². The molecule has 0 radical (unpaired) electrons. The Bertz CT molecular complexity index is 928. The molecule has 0 saturated carbocycles. The Morgan fingerprint density at radius 1 is 1.04 bits per heavy atom. The molecule has 1 atom stereocenters. The highest BCUT2D eigenvalue weighted by Crippen LogP contribution is 2.24. The first kappa shape index (κ1) is 13.9. The molecule has 114 valence electrons. The lowest BCUT2D eigenvalue weighted by molar-refractivity contribution is 0.167. The summed E-state index contributed by atoms with van der Waals surface area (Å²) in [5.74, 6) is 0. The molecule has 4 nitrogen and oxygen atoms in total. The van der Waals surface area contributed by atoms with Gasteiger partial charge in [0.25, 0.3) is 0 Å². The Balaban J connectivity index is 1.50. The summed E-state index contributed by atoms with van der Waals surface area (Å²) < 4.78 is 0. The third kappa shape index (κ3) is 2.81. The molecule has 2 heterocycles. The monoisotopic (exact) mass is 303 g/mol. The lowest BCUT2D eigenvalue weighted by atomic mass is 10.0. The van der Waals surface area contributed by atoms with Crippen LogP contribution in [0.4, 0.5) is 0 Å². The molecular formula is C19H17N3O. The SMILES string of the molecule is OC(CCc1cc2ncncc2[nH]1)c1ccc2ccccc2c1. The van der Waals surface area contributed by atoms with E-state index < -0.39 is 6.10 Å². The fraction of sp³-hybridized carbons (Fsp3) is 0.158. The first-order valence-electron chi connectivity index (χ1n) is 7.74. The lowest BCUT2D eigenvalue weighted by Gasteiger charge is -2.11. The van der Waals surface area contributed by atoms with Gasteiger partial charge in [-0.3, -0.25) is 0 Å². The van der Waals surface area contributed by atoms with E-state index in [2.05, 4.69) is 39.2 Å². The minimum Gasteiger partial charge on any atom is -0.388 e. The van der Waals surface area contributed by atoms with Crippen molar-refractivity contribution in [3.63, 3.8) is 0 Å². The molecule has 0 aliphatic heterocycles. The van der Waals surface area contributed by atoms with E-state index in [1.165, 1.54) is 5.39 Å². The van der Waals surface area contributed by atoms with Crippen LogP contribution in [0.15, 0.2) is 61.1 Å². The van der Waals surface area contributed by atoms with Gasteiger partial charge in [0.05, 0.1) is 23.3 Å². The summed E-state index contributed by atoms with van der Waals surface area (Å²) in [4.78, 5) is 11.5. The number of aromatic nitrogens is 3. The van der Waals surface area contributed by atoms with Gasteiger partial charge in [-0.15, -0.1) is 0 Å². The van der Waals surface area contributed by atoms with Crippen LogP contribution in [0.3, 0.4) is 0 Å². The standard InChI is InChI=1S/C19H17N3O/c23-19(15-6-5-13-3-1-2-4-14(13)9-15)8-7-16-10-17-18(22-16)11-20-12-21-17/h1-6,9-12,19,22-23H,7-8H2. The van der Waals surface area contributed by atoms with Gasteiger partial charge in [0, 0.05) is 5.69 Å². The summed E-state index contributed by atoms with van der Waals surface area (Å²) in [6.45, 7) is 0. The Kier molecular flexibility index (Phi) is 3.52. The topological polar surface area (TPSA) is 61.8 Å². The highest BCUT2D eigenvalue weighted by Gasteiger charge is 2.10. The van der Waals surface area contributed by atoms with Crippen LogP contribution in [-0.4, -0.2) is 20.1 Å². The van der Waals surface area contributed by atoms with E-state index in [1.54, 1.807) is 12.5 Å². The molecule has 2 N–H and O–H groups in total. The van der Waals surface area contributed by atoms with Crippen LogP contribution in [0.2, 0.25) is 0 Å². The zero-order chi connectivity index (χ0) is 15.6. The number of hydrogen-bond donors (Lipinski definition) is 2. The van der Waals surface area contributed by atoms with Crippen LogP contribution >= 0.6 is 0 Å². The third-order valence-corrected chi connectivity index (χ3v) is 4.19. The van der Waals surface area contributed by atoms with Gasteiger partial charge in [-0.25, -0.2) is 9.97 Å². The number of hydrogen-bond acceptors (Lipinski definition) is 3. The second kappa shape index (κ2) is 5.82. The maximum Gasteiger partial charge on any atom is 0.116 e. The summed E-state index contributed by atoms with van der Waals surface area (Å²) in [5, 5.41) is 12.8. The average Bonchev–Trinajstić information content (AvgIpc) is 3.02. The second-order valence-corrected chi connectivity index (χ2v) is 5.78. The van der Waals surface area contributed by atoms with Gasteiger partial charge in [0.15, 0.2) is 0 Å². The zero-order valence-corrected chi connectivity index (χ0v) is 12.6. The average molecular weight is 303 g/mol. The van der Waals surface area contributed by atoms with Crippen molar-refractivity contribution in [1.29, 1.82) is 0 Å². The van der Waals surface area contributed by atoms with E-state index in [0.29, 0.717) is 6.42 Å². The molecule has 1 unspecified atom stereocenters. The maximum absolute atomic E-state index is 10.5. The van der Waals surface area contributed by atoms with Gasteiger partial charge >= 0.3 is 0 Å². The molecule has 0 fully saturated rings. The Morgan fingerprint density at radius 3 is 2.78 bits per heavy atom. The van der Waals surface area contributed by atoms with Crippen LogP contribution in [0.5, 0.6) is 0 Å². The van der Waals surface area contributed by atoms with Crippen molar-refractivity contribution in [2.75, 3.05) is 0 Å². The zero-order valence-electron chi connectivity index (χ0n) is 12.6. The number of fused-ring (bicyclic) bond motifs is 2. The minimum atomic E-state index is -0.475. The molecule has 2 aromatic heterocycles. The molecule has 4 rings (SSSR count). The first-order chi connectivity index (χ1) is 11.3. The van der Waals surface area contributed by atoms with Crippen LogP contribution < -0.4 is 0 Å². The maximum atomic E-state index is 10.5. The molecule has 23 heavy (non-hydrogen) atoms. The summed E-state index contributed by atoms with van der Waals surface area (Å²) in [7, 11) is 0. The number of benzene rings is 2. The summed E-state index contributed by atoms with van der Waals surface area (Å²) in [6.07, 6.45) is 4.27. The molecule has 0 aliphatic rings. The summed E-state index contributed by atoms with van der Waals surface area (Å²) in [5.41, 5.74) is 3.87. The number of rotatable bonds is 4. The van der Waals surface area contributed by atoms with E-state index >= 15 is 0 Å². The van der Waals surface area contributed by atoms with E-state index in [0.717, 1.165) is 34.1 Å². The Morgan fingerprint density at radius 2 is 1.91 bits per heavy atom. The van der Waals surface area contributed by atoms with E-state index in [-0.39, 0.29) is 0 Å². The van der Waals surface area contributed by atoms with Gasteiger partial charge in [-0.05, 0) is 41.3 Å². The molecule has 0 amide bonds. The number of aliphatic hydroxyl groups is 1. The van der Waals surface area contributed by atoms with Gasteiger partial charge in [0.1, 0.15) is 6.33 Å². The Labute approximate surface area is 133 Å². The van der Waals surface area contributed by atoms with Crippen molar-refractivity contribution in [2.45, 2.75) is 18.9 Å². The quantitative estimate of drug-likeness (QED) is 0.603. The molecule has 0 bridgehead atoms. The van der Waals surface area contributed by atoms with Gasteiger partial charge in [0.2, 0.25) is 0 Å². The fourth-order valence-electron chi connectivity index (χ4n) is 2.93. The third-order valence-electron chi connectivity index (χ3n) is 4.19. The number of nitrogens with one attached hydrogen (secondary N) is 1. The number of aryl methyl sites for hydroxylation is 1. The highest BCUT2D eigenvalue weighted by molar-refractivity contribution is 5.83. The van der Waals surface area contributed by atoms with Crippen molar-refractivity contribution in [2.24, 2.45) is 0 Å². The van der Waals surface area contributed by atoms with Crippen LogP contribution in [0.1, 0.15) is 23.8 Å². The largest absolute Gasteiger partial charge is 0.388 e. The summed E-state index contributed by atoms with van der Waals surface area (Å²) in [6, 6.07) is 16.3. The molecule has 0 aliphatic carbocycles. The number of aliphatic hydroxyl groups excluding tert-OH is 1. The molecular weight excluding hydrogens is 286 g/mol. The summed E-state index contributed by atoms with van der Waals surface area (Å²) >= 11 is 0. The van der Waals surface area contributed by atoms with Crippen molar-refractivity contribution < 1.29 is 5.11 Å². The molecule has 0 saturated heterocycles. The predicted molar refractivity (Wildman–Crippen MR) is 91.1 cm³/mol. The fourth-order valence-corrected chi connectivity index (χ4v) is 2.93. The molecule has 4 heteroatoms. The normalized spacial score (nSPS) is 12.7. The Hall–Kier alpha value is -2.72. The van der Waals surface area contributed by atoms with Crippen molar-refractivity contribution >= 4 is 21.8 Å². The van der Waals surface area contributed by atoms with E-state index in [9.17, 15) is 5.11 Å². The van der Waals surface area contributed by atoms with Crippen molar-refractivity contribution in [3.8, 4) is 0 Å². The van der Waals surface area contributed by atoms with E-state index in [1.807, 2.05) is 24.3 Å². The first-order valence-corrected chi connectivity index (χ1v) is 7.74. The number of aromatic amines is 1. The van der Waals surface area contributed by atoms with Gasteiger partial charge in [-0.2, -0.15) is 0 Å². The molecule has 4 aromatic rings. The molecule has 0 spiro atoms. The van der Waals surface area contributed by atoms with Gasteiger partial charge in [-0.1, -0.05) is 36.4 Å². The predicted octanol–water partition coefficient (Wildman–Crippen LogP) is 3.78. The van der Waals surface area contributed by atoms with Crippen molar-refractivity contribution in [3.05, 3.63) is 72.3 Å². The van der Waals surface area contributed by atoms with Gasteiger partial charge < -0.3 is 10.1 Å². The highest BCUT2D eigenvalue weighted by atomic mass is 16.3. The lowest BCUT2D eigenvalue weighted by Crippen LogP contribution is -1.99. The smallest absolute Gasteiger partial charge is 0.116 e. The number of H-pyrrole nitrogens is 1. The van der Waals surface area contributed by atoms with Crippen molar-refractivity contribution in [1.82, 2.24) is 15.0 Å². The second-order valence-electron chi connectivity index (χ2n) is 5.78.